The lowest BCUT2D eigenvalue weighted by Crippen LogP contribution is -2.46. The number of benzene rings is 1. The van der Waals surface area contributed by atoms with E-state index in [1.165, 1.54) is 0 Å². The summed E-state index contributed by atoms with van der Waals surface area (Å²) in [7, 11) is 1.54. The number of carbonyl (C=O) groups is 2. The van der Waals surface area contributed by atoms with Crippen molar-refractivity contribution in [2.75, 3.05) is 7.11 Å². The third kappa shape index (κ3) is 4.42. The molecule has 0 aliphatic carbocycles. The molecule has 7 heteroatoms. The SMILES string of the molecule is COc1cccc(Cl)c1CNC(C)C(=O)NC(N)=O. The first-order chi connectivity index (χ1) is 8.95. The molecule has 0 saturated heterocycles. The van der Waals surface area contributed by atoms with Crippen molar-refractivity contribution in [3.63, 3.8) is 0 Å². The maximum absolute atomic E-state index is 11.5. The quantitative estimate of drug-likeness (QED) is 0.753. The lowest BCUT2D eigenvalue weighted by molar-refractivity contribution is -0.121. The average Bonchev–Trinajstić information content (AvgIpc) is 2.35. The van der Waals surface area contributed by atoms with E-state index in [0.717, 1.165) is 5.56 Å². The van der Waals surface area contributed by atoms with Crippen molar-refractivity contribution < 1.29 is 14.3 Å². The van der Waals surface area contributed by atoms with Gasteiger partial charge >= 0.3 is 6.03 Å². The number of ether oxygens (including phenoxy) is 1. The van der Waals surface area contributed by atoms with E-state index in [1.54, 1.807) is 32.2 Å². The van der Waals surface area contributed by atoms with Gasteiger partial charge in [-0.15, -0.1) is 0 Å². The molecule has 0 bridgehead atoms. The highest BCUT2D eigenvalue weighted by atomic mass is 35.5. The monoisotopic (exact) mass is 285 g/mol. The molecule has 0 aliphatic heterocycles. The summed E-state index contributed by atoms with van der Waals surface area (Å²) in [4.78, 5) is 22.0. The molecular formula is C12H16ClN3O3. The normalized spacial score (nSPS) is 11.7. The van der Waals surface area contributed by atoms with Crippen molar-refractivity contribution >= 4 is 23.5 Å². The van der Waals surface area contributed by atoms with Gasteiger partial charge in [-0.3, -0.25) is 10.1 Å². The summed E-state index contributed by atoms with van der Waals surface area (Å²) in [6.07, 6.45) is 0. The minimum atomic E-state index is -0.881. The number of amides is 3. The van der Waals surface area contributed by atoms with Gasteiger partial charge in [-0.2, -0.15) is 0 Å². The molecule has 1 rings (SSSR count). The Bertz CT molecular complexity index is 479. The zero-order valence-electron chi connectivity index (χ0n) is 10.7. The van der Waals surface area contributed by atoms with Crippen LogP contribution in [0.5, 0.6) is 5.75 Å². The first-order valence-electron chi connectivity index (χ1n) is 5.60. The Morgan fingerprint density at radius 1 is 1.47 bits per heavy atom. The molecule has 1 aromatic rings. The third-order valence-electron chi connectivity index (χ3n) is 2.52. The van der Waals surface area contributed by atoms with Gasteiger partial charge in [0.2, 0.25) is 5.91 Å². The van der Waals surface area contributed by atoms with Crippen LogP contribution < -0.4 is 21.1 Å². The minimum absolute atomic E-state index is 0.330. The van der Waals surface area contributed by atoms with Gasteiger partial charge in [-0.1, -0.05) is 17.7 Å². The number of rotatable bonds is 5. The molecule has 19 heavy (non-hydrogen) atoms. The average molecular weight is 286 g/mol. The van der Waals surface area contributed by atoms with Crippen molar-refractivity contribution in [3.8, 4) is 5.75 Å². The largest absolute Gasteiger partial charge is 0.496 e. The Hall–Kier alpha value is -1.79. The number of primary amides is 1. The number of nitrogens with one attached hydrogen (secondary N) is 2. The van der Waals surface area contributed by atoms with E-state index in [4.69, 9.17) is 22.1 Å². The van der Waals surface area contributed by atoms with E-state index in [2.05, 4.69) is 5.32 Å². The topological polar surface area (TPSA) is 93.4 Å². The Morgan fingerprint density at radius 3 is 2.74 bits per heavy atom. The summed E-state index contributed by atoms with van der Waals surface area (Å²) < 4.78 is 5.18. The Balaban J connectivity index is 2.66. The molecule has 0 heterocycles. The second kappa shape index (κ2) is 6.96. The fraction of sp³-hybridized carbons (Fsp3) is 0.333. The maximum atomic E-state index is 11.5. The fourth-order valence-corrected chi connectivity index (χ4v) is 1.71. The molecule has 1 atom stereocenters. The van der Waals surface area contributed by atoms with Gasteiger partial charge in [-0.05, 0) is 19.1 Å². The van der Waals surface area contributed by atoms with E-state index < -0.39 is 18.0 Å². The molecule has 1 aromatic carbocycles. The van der Waals surface area contributed by atoms with Gasteiger partial charge in [0.1, 0.15) is 5.75 Å². The molecule has 3 amide bonds. The number of nitrogens with two attached hydrogens (primary N) is 1. The minimum Gasteiger partial charge on any atom is -0.496 e. The molecule has 0 aliphatic rings. The first-order valence-corrected chi connectivity index (χ1v) is 5.98. The van der Waals surface area contributed by atoms with Gasteiger partial charge in [-0.25, -0.2) is 4.79 Å². The molecular weight excluding hydrogens is 270 g/mol. The highest BCUT2D eigenvalue weighted by Crippen LogP contribution is 2.25. The Morgan fingerprint density at radius 2 is 2.16 bits per heavy atom. The number of halogens is 1. The van der Waals surface area contributed by atoms with Crippen LogP contribution in [-0.4, -0.2) is 25.1 Å². The third-order valence-corrected chi connectivity index (χ3v) is 2.87. The van der Waals surface area contributed by atoms with Gasteiger partial charge < -0.3 is 15.8 Å². The summed E-state index contributed by atoms with van der Waals surface area (Å²) in [5, 5.41) is 5.47. The lowest BCUT2D eigenvalue weighted by atomic mass is 10.2. The number of carbonyl (C=O) groups excluding carboxylic acids is 2. The molecule has 104 valence electrons. The van der Waals surface area contributed by atoms with Crippen LogP contribution in [0.25, 0.3) is 0 Å². The standard InChI is InChI=1S/C12H16ClN3O3/c1-7(11(17)16-12(14)18)15-6-8-9(13)4-3-5-10(8)19-2/h3-5,7,15H,6H2,1-2H3,(H3,14,16,17,18). The summed E-state index contributed by atoms with van der Waals surface area (Å²) in [6, 6.07) is 3.81. The molecule has 0 saturated carbocycles. The van der Waals surface area contributed by atoms with Gasteiger partial charge in [0.05, 0.1) is 13.2 Å². The molecule has 1 unspecified atom stereocenters. The number of hydrogen-bond acceptors (Lipinski definition) is 4. The van der Waals surface area contributed by atoms with Crippen LogP contribution in [0, 0.1) is 0 Å². The first kappa shape index (κ1) is 15.3. The van der Waals surface area contributed by atoms with Gasteiger partial charge in [0, 0.05) is 17.1 Å². The summed E-state index contributed by atoms with van der Waals surface area (Å²) >= 11 is 6.06. The number of urea groups is 1. The van der Waals surface area contributed by atoms with Crippen molar-refractivity contribution in [3.05, 3.63) is 28.8 Å². The molecule has 0 radical (unpaired) electrons. The van der Waals surface area contributed by atoms with Crippen LogP contribution in [0.1, 0.15) is 12.5 Å². The smallest absolute Gasteiger partial charge is 0.318 e. The number of methoxy groups -OCH3 is 1. The molecule has 6 nitrogen and oxygen atoms in total. The fourth-order valence-electron chi connectivity index (χ4n) is 1.48. The Kier molecular flexibility index (Phi) is 5.59. The van der Waals surface area contributed by atoms with E-state index in [-0.39, 0.29) is 0 Å². The zero-order valence-corrected chi connectivity index (χ0v) is 11.5. The highest BCUT2D eigenvalue weighted by molar-refractivity contribution is 6.31. The molecule has 0 aromatic heterocycles. The number of hydrogen-bond donors (Lipinski definition) is 3. The van der Waals surface area contributed by atoms with Gasteiger partial charge in [0.15, 0.2) is 0 Å². The van der Waals surface area contributed by atoms with Crippen LogP contribution in [-0.2, 0) is 11.3 Å². The van der Waals surface area contributed by atoms with Crippen molar-refractivity contribution in [1.29, 1.82) is 0 Å². The Labute approximate surface area is 116 Å². The van der Waals surface area contributed by atoms with Gasteiger partial charge in [0.25, 0.3) is 0 Å². The lowest BCUT2D eigenvalue weighted by Gasteiger charge is -2.15. The van der Waals surface area contributed by atoms with Crippen LogP contribution in [0.15, 0.2) is 18.2 Å². The van der Waals surface area contributed by atoms with E-state index in [0.29, 0.717) is 17.3 Å². The van der Waals surface area contributed by atoms with Crippen LogP contribution in [0.2, 0.25) is 5.02 Å². The zero-order chi connectivity index (χ0) is 14.4. The summed E-state index contributed by atoms with van der Waals surface area (Å²) in [6.45, 7) is 1.94. The summed E-state index contributed by atoms with van der Waals surface area (Å²) in [5.41, 5.74) is 5.61. The van der Waals surface area contributed by atoms with Crippen LogP contribution >= 0.6 is 11.6 Å². The predicted molar refractivity (Wildman–Crippen MR) is 72.0 cm³/mol. The van der Waals surface area contributed by atoms with E-state index >= 15 is 0 Å². The second-order valence-electron chi connectivity index (χ2n) is 3.88. The highest BCUT2D eigenvalue weighted by Gasteiger charge is 2.15. The molecule has 0 spiro atoms. The van der Waals surface area contributed by atoms with Crippen molar-refractivity contribution in [2.24, 2.45) is 5.73 Å². The van der Waals surface area contributed by atoms with Crippen LogP contribution in [0.3, 0.4) is 0 Å². The number of imide groups is 1. The van der Waals surface area contributed by atoms with E-state index in [9.17, 15) is 9.59 Å². The second-order valence-corrected chi connectivity index (χ2v) is 4.28. The molecule has 0 fully saturated rings. The summed E-state index contributed by atoms with van der Waals surface area (Å²) in [5.74, 6) is 0.126. The maximum Gasteiger partial charge on any atom is 0.318 e. The van der Waals surface area contributed by atoms with Crippen LogP contribution in [0.4, 0.5) is 4.79 Å². The predicted octanol–water partition coefficient (Wildman–Crippen LogP) is 1.02. The van der Waals surface area contributed by atoms with Crippen molar-refractivity contribution in [2.45, 2.75) is 19.5 Å². The molecule has 4 N–H and O–H groups in total. The van der Waals surface area contributed by atoms with Crippen molar-refractivity contribution in [1.82, 2.24) is 10.6 Å². The van der Waals surface area contributed by atoms with E-state index in [1.807, 2.05) is 5.32 Å².